The highest BCUT2D eigenvalue weighted by molar-refractivity contribution is 5.83. The molecule has 0 unspecified atom stereocenters. The van der Waals surface area contributed by atoms with E-state index in [1.54, 1.807) is 12.3 Å². The lowest BCUT2D eigenvalue weighted by Gasteiger charge is -2.20. The summed E-state index contributed by atoms with van der Waals surface area (Å²) in [5.41, 5.74) is 10.6. The van der Waals surface area contributed by atoms with Crippen LogP contribution >= 0.6 is 0 Å². The highest BCUT2D eigenvalue weighted by Crippen LogP contribution is 2.00. The number of aromatic nitrogens is 2. The minimum absolute atomic E-state index is 0.0599. The number of hydrogen-bond acceptors (Lipinski definition) is 4. The molecule has 2 amide bonds. The lowest BCUT2D eigenvalue weighted by atomic mass is 10.3. The summed E-state index contributed by atoms with van der Waals surface area (Å²) in [7, 11) is 0. The third kappa shape index (κ3) is 4.44. The topological polar surface area (TPSA) is 107 Å². The summed E-state index contributed by atoms with van der Waals surface area (Å²) in [6, 6.07) is 1.61. The quantitative estimate of drug-likeness (QED) is 0.688. The Morgan fingerprint density at radius 3 is 2.72 bits per heavy atom. The Kier molecular flexibility index (Phi) is 5.16. The van der Waals surface area contributed by atoms with E-state index in [1.165, 1.54) is 9.58 Å². The van der Waals surface area contributed by atoms with Crippen molar-refractivity contribution in [2.24, 2.45) is 5.73 Å². The van der Waals surface area contributed by atoms with Crippen molar-refractivity contribution in [1.82, 2.24) is 14.7 Å². The second-order valence-corrected chi connectivity index (χ2v) is 4.07. The zero-order valence-electron chi connectivity index (χ0n) is 10.5. The van der Waals surface area contributed by atoms with Gasteiger partial charge in [-0.05, 0) is 12.5 Å². The Labute approximate surface area is 106 Å². The summed E-state index contributed by atoms with van der Waals surface area (Å²) in [5, 5.41) is 3.92. The van der Waals surface area contributed by atoms with Gasteiger partial charge in [0.05, 0.1) is 6.54 Å². The van der Waals surface area contributed by atoms with Crippen molar-refractivity contribution in [3.05, 3.63) is 12.3 Å². The van der Waals surface area contributed by atoms with E-state index in [2.05, 4.69) is 5.10 Å². The average molecular weight is 253 g/mol. The largest absolute Gasteiger partial charge is 0.382 e. The lowest BCUT2D eigenvalue weighted by molar-refractivity contribution is -0.135. The van der Waals surface area contributed by atoms with Crippen molar-refractivity contribution in [2.45, 2.75) is 26.3 Å². The van der Waals surface area contributed by atoms with E-state index >= 15 is 0 Å². The van der Waals surface area contributed by atoms with Gasteiger partial charge in [0.2, 0.25) is 11.8 Å². The predicted molar refractivity (Wildman–Crippen MR) is 67.3 cm³/mol. The van der Waals surface area contributed by atoms with Crippen LogP contribution in [0.1, 0.15) is 19.8 Å². The van der Waals surface area contributed by atoms with Crippen molar-refractivity contribution in [1.29, 1.82) is 0 Å². The van der Waals surface area contributed by atoms with E-state index in [9.17, 15) is 9.59 Å². The van der Waals surface area contributed by atoms with Crippen LogP contribution in [0.2, 0.25) is 0 Å². The molecule has 0 atom stereocenters. The fourth-order valence-electron chi connectivity index (χ4n) is 1.53. The van der Waals surface area contributed by atoms with Gasteiger partial charge >= 0.3 is 0 Å². The van der Waals surface area contributed by atoms with Gasteiger partial charge in [-0.3, -0.25) is 14.3 Å². The lowest BCUT2D eigenvalue weighted by Crippen LogP contribution is -2.40. The number of rotatable bonds is 7. The third-order valence-electron chi connectivity index (χ3n) is 2.44. The monoisotopic (exact) mass is 253 g/mol. The molecule has 0 aliphatic carbocycles. The van der Waals surface area contributed by atoms with Crippen LogP contribution in [0.3, 0.4) is 0 Å². The molecule has 7 heteroatoms. The van der Waals surface area contributed by atoms with Crippen LogP contribution < -0.4 is 11.5 Å². The molecule has 18 heavy (non-hydrogen) atoms. The van der Waals surface area contributed by atoms with Crippen molar-refractivity contribution in [3.63, 3.8) is 0 Å². The van der Waals surface area contributed by atoms with Crippen LogP contribution in [-0.2, 0) is 16.1 Å². The van der Waals surface area contributed by atoms with Gasteiger partial charge < -0.3 is 16.4 Å². The van der Waals surface area contributed by atoms with Crippen LogP contribution in [0.5, 0.6) is 0 Å². The van der Waals surface area contributed by atoms with Crippen LogP contribution in [0, 0.1) is 0 Å². The molecule has 0 spiro atoms. The molecule has 0 saturated heterocycles. The fraction of sp³-hybridized carbons (Fsp3) is 0.545. The molecule has 1 aromatic heterocycles. The standard InChI is InChI=1S/C11H19N5O2/c1-2-3-5-15(7-10(13)17)11(18)8-16-6-4-9(12)14-16/h4,6H,2-3,5,7-8H2,1H3,(H2,12,14)(H2,13,17). The number of carbonyl (C=O) groups is 2. The smallest absolute Gasteiger partial charge is 0.244 e. The molecule has 100 valence electrons. The summed E-state index contributed by atoms with van der Waals surface area (Å²) >= 11 is 0. The van der Waals surface area contributed by atoms with Gasteiger partial charge in [0.25, 0.3) is 0 Å². The third-order valence-corrected chi connectivity index (χ3v) is 2.44. The summed E-state index contributed by atoms with van der Waals surface area (Å²) in [6.07, 6.45) is 3.40. The minimum atomic E-state index is -0.514. The Bertz CT molecular complexity index is 415. The zero-order chi connectivity index (χ0) is 13.5. The molecule has 0 aliphatic rings. The maximum absolute atomic E-state index is 12.0. The van der Waals surface area contributed by atoms with Crippen molar-refractivity contribution in [3.8, 4) is 0 Å². The van der Waals surface area contributed by atoms with Gasteiger partial charge in [-0.25, -0.2) is 0 Å². The molecule has 1 aromatic rings. The Morgan fingerprint density at radius 2 is 2.22 bits per heavy atom. The van der Waals surface area contributed by atoms with Gasteiger partial charge in [-0.1, -0.05) is 13.3 Å². The zero-order valence-corrected chi connectivity index (χ0v) is 10.5. The molecular formula is C11H19N5O2. The van der Waals surface area contributed by atoms with Gasteiger partial charge in [0, 0.05) is 12.7 Å². The molecule has 4 N–H and O–H groups in total. The SMILES string of the molecule is CCCCN(CC(N)=O)C(=O)Cn1ccc(N)n1. The molecule has 0 fully saturated rings. The number of anilines is 1. The fourth-order valence-corrected chi connectivity index (χ4v) is 1.53. The van der Waals surface area contributed by atoms with Crippen LogP contribution in [0.15, 0.2) is 12.3 Å². The number of carbonyl (C=O) groups excluding carboxylic acids is 2. The Hall–Kier alpha value is -2.05. The molecule has 0 bridgehead atoms. The molecule has 7 nitrogen and oxygen atoms in total. The minimum Gasteiger partial charge on any atom is -0.382 e. The van der Waals surface area contributed by atoms with Gasteiger partial charge in [-0.15, -0.1) is 0 Å². The van der Waals surface area contributed by atoms with E-state index in [0.717, 1.165) is 12.8 Å². The maximum Gasteiger partial charge on any atom is 0.244 e. The van der Waals surface area contributed by atoms with E-state index in [1.807, 2.05) is 6.92 Å². The number of nitrogens with zero attached hydrogens (tertiary/aromatic N) is 3. The van der Waals surface area contributed by atoms with Crippen LogP contribution in [-0.4, -0.2) is 39.6 Å². The highest BCUT2D eigenvalue weighted by atomic mass is 16.2. The molecule has 0 saturated carbocycles. The average Bonchev–Trinajstić information content (AvgIpc) is 2.69. The molecule has 0 aromatic carbocycles. The van der Waals surface area contributed by atoms with Crippen molar-refractivity contribution >= 4 is 17.6 Å². The summed E-state index contributed by atoms with van der Waals surface area (Å²) < 4.78 is 1.44. The second-order valence-electron chi connectivity index (χ2n) is 4.07. The molecule has 0 aliphatic heterocycles. The maximum atomic E-state index is 12.0. The number of nitrogens with two attached hydrogens (primary N) is 2. The number of nitrogen functional groups attached to an aromatic ring is 1. The van der Waals surface area contributed by atoms with Crippen molar-refractivity contribution < 1.29 is 9.59 Å². The number of primary amides is 1. The second kappa shape index (κ2) is 6.63. The predicted octanol–water partition coefficient (Wildman–Crippen LogP) is -0.421. The Morgan fingerprint density at radius 1 is 1.50 bits per heavy atom. The van der Waals surface area contributed by atoms with E-state index in [4.69, 9.17) is 11.5 Å². The van der Waals surface area contributed by atoms with Crippen LogP contribution in [0.25, 0.3) is 0 Å². The number of amides is 2. The number of unbranched alkanes of at least 4 members (excludes halogenated alkanes) is 1. The first-order chi connectivity index (χ1) is 8.52. The first-order valence-corrected chi connectivity index (χ1v) is 5.88. The van der Waals surface area contributed by atoms with E-state index < -0.39 is 5.91 Å². The molecule has 1 rings (SSSR count). The molecule has 0 radical (unpaired) electrons. The summed E-state index contributed by atoms with van der Waals surface area (Å²) in [4.78, 5) is 24.3. The van der Waals surface area contributed by atoms with Crippen LogP contribution in [0.4, 0.5) is 5.82 Å². The molecular weight excluding hydrogens is 234 g/mol. The first-order valence-electron chi connectivity index (χ1n) is 5.88. The Balaban J connectivity index is 2.60. The normalized spacial score (nSPS) is 10.3. The van der Waals surface area contributed by atoms with E-state index in [-0.39, 0.29) is 19.0 Å². The summed E-state index contributed by atoms with van der Waals surface area (Å²) in [5.74, 6) is -0.345. The summed E-state index contributed by atoms with van der Waals surface area (Å²) in [6.45, 7) is 2.54. The van der Waals surface area contributed by atoms with Gasteiger partial charge in [0.1, 0.15) is 12.4 Å². The molecule has 1 heterocycles. The first kappa shape index (κ1) is 14.0. The van der Waals surface area contributed by atoms with Gasteiger partial charge in [0.15, 0.2) is 0 Å². The highest BCUT2D eigenvalue weighted by Gasteiger charge is 2.15. The number of hydrogen-bond donors (Lipinski definition) is 2. The van der Waals surface area contributed by atoms with Gasteiger partial charge in [-0.2, -0.15) is 5.10 Å². The van der Waals surface area contributed by atoms with E-state index in [0.29, 0.717) is 12.4 Å². The van der Waals surface area contributed by atoms with Crippen molar-refractivity contribution in [2.75, 3.05) is 18.8 Å².